The fourth-order valence-electron chi connectivity index (χ4n) is 0. The Balaban J connectivity index is -0.0000000150. The summed E-state index contributed by atoms with van der Waals surface area (Å²) >= 11 is 8.80. The standard InChI is InChI=1S/CCl2O.3H2O/c2-1(3)4;;;/h;3*1H2. The van der Waals surface area contributed by atoms with Crippen molar-refractivity contribution in [1.82, 2.24) is 0 Å². The summed E-state index contributed by atoms with van der Waals surface area (Å²) in [6.45, 7) is 0. The third kappa shape index (κ3) is 6190. The van der Waals surface area contributed by atoms with E-state index in [1.165, 1.54) is 0 Å². The highest BCUT2D eigenvalue weighted by Gasteiger charge is 1.72. The maximum Gasteiger partial charge on any atom is 0.313 e. The van der Waals surface area contributed by atoms with Crippen molar-refractivity contribution < 1.29 is 21.2 Å². The van der Waals surface area contributed by atoms with E-state index in [1.807, 2.05) is 0 Å². The highest BCUT2D eigenvalue weighted by Crippen LogP contribution is 1.84. The first kappa shape index (κ1) is 27.3. The predicted molar refractivity (Wildman–Crippen MR) is 27.9 cm³/mol. The normalized spacial score (nSPS) is 3.71. The zero-order chi connectivity index (χ0) is 3.58. The number of carbonyl (C=O) groups is 1. The zero-order valence-corrected chi connectivity index (χ0v) is 4.68. The second-order valence-electron chi connectivity index (χ2n) is 0.226. The van der Waals surface area contributed by atoms with Gasteiger partial charge in [0.15, 0.2) is 0 Å². The smallest absolute Gasteiger partial charge is 0.313 e. The van der Waals surface area contributed by atoms with Crippen LogP contribution in [-0.2, 0) is 0 Å². The Bertz CT molecular complexity index is 32.7. The Labute approximate surface area is 49.9 Å². The molecule has 0 aromatic rings. The molecule has 0 heterocycles. The molecule has 0 atom stereocenters. The van der Waals surface area contributed by atoms with Gasteiger partial charge in [0.05, 0.1) is 0 Å². The summed E-state index contributed by atoms with van der Waals surface area (Å²) in [7, 11) is 0. The predicted octanol–water partition coefficient (Wildman–Crippen LogP) is -0.890. The van der Waals surface area contributed by atoms with Gasteiger partial charge in [-0.15, -0.1) is 0 Å². The van der Waals surface area contributed by atoms with Crippen molar-refractivity contribution in [3.63, 3.8) is 0 Å². The Morgan fingerprint density at radius 3 is 1.00 bits per heavy atom. The number of hydrogen-bond acceptors (Lipinski definition) is 1. The molecule has 0 rings (SSSR count). The molecule has 0 unspecified atom stereocenters. The fourth-order valence-corrected chi connectivity index (χ4v) is 0. The summed E-state index contributed by atoms with van der Waals surface area (Å²) in [5.74, 6) is 0. The monoisotopic (exact) mass is 152 g/mol. The van der Waals surface area contributed by atoms with Crippen LogP contribution in [0.2, 0.25) is 0 Å². The summed E-state index contributed by atoms with van der Waals surface area (Å²) in [4.78, 5) is 8.98. The molecule has 0 aliphatic heterocycles. The zero-order valence-electron chi connectivity index (χ0n) is 3.16. The van der Waals surface area contributed by atoms with Crippen LogP contribution in [-0.4, -0.2) is 21.1 Å². The molecular weight excluding hydrogens is 147 g/mol. The Morgan fingerprint density at radius 1 is 1.00 bits per heavy atom. The molecule has 0 fully saturated rings. The van der Waals surface area contributed by atoms with E-state index in [0.29, 0.717) is 0 Å². The molecule has 0 saturated carbocycles. The van der Waals surface area contributed by atoms with Crippen LogP contribution >= 0.6 is 23.2 Å². The lowest BCUT2D eigenvalue weighted by atomic mass is 11.8. The summed E-state index contributed by atoms with van der Waals surface area (Å²) in [6.07, 6.45) is 0. The van der Waals surface area contributed by atoms with Crippen molar-refractivity contribution in [2.24, 2.45) is 0 Å². The summed E-state index contributed by atoms with van der Waals surface area (Å²) in [6, 6.07) is 0. The molecule has 0 radical (unpaired) electrons. The Morgan fingerprint density at radius 2 is 1.00 bits per heavy atom. The molecule has 4 nitrogen and oxygen atoms in total. The van der Waals surface area contributed by atoms with Gasteiger partial charge in [-0.3, -0.25) is 4.79 Å². The van der Waals surface area contributed by atoms with E-state index < -0.39 is 4.70 Å². The summed E-state index contributed by atoms with van der Waals surface area (Å²) < 4.78 is -0.889. The van der Waals surface area contributed by atoms with Crippen molar-refractivity contribution in [3.05, 3.63) is 0 Å². The van der Waals surface area contributed by atoms with Crippen LogP contribution in [0, 0.1) is 0 Å². The maximum absolute atomic E-state index is 8.98. The van der Waals surface area contributed by atoms with Gasteiger partial charge in [0.25, 0.3) is 0 Å². The largest absolute Gasteiger partial charge is 0.412 e. The molecular formula is CH6Cl2O4. The SMILES string of the molecule is O.O.O.O=C(Cl)Cl. The molecule has 6 heteroatoms. The molecule has 0 aromatic carbocycles. The van der Waals surface area contributed by atoms with Crippen LogP contribution in [0.5, 0.6) is 0 Å². The van der Waals surface area contributed by atoms with E-state index in [9.17, 15) is 0 Å². The average Bonchev–Trinajstić information content (AvgIpc) is 0.811. The van der Waals surface area contributed by atoms with Crippen molar-refractivity contribution in [2.45, 2.75) is 0 Å². The molecule has 0 aliphatic rings. The minimum absolute atomic E-state index is 0. The molecule has 0 spiro atoms. The Kier molecular flexibility index (Phi) is 64.3. The van der Waals surface area contributed by atoms with E-state index in [-0.39, 0.29) is 16.4 Å². The average molecular weight is 153 g/mol. The van der Waals surface area contributed by atoms with E-state index in [2.05, 4.69) is 23.2 Å². The van der Waals surface area contributed by atoms with Crippen LogP contribution in [0.15, 0.2) is 0 Å². The van der Waals surface area contributed by atoms with E-state index in [0.717, 1.165) is 0 Å². The van der Waals surface area contributed by atoms with Gasteiger partial charge < -0.3 is 16.4 Å². The van der Waals surface area contributed by atoms with Gasteiger partial charge in [0.2, 0.25) is 0 Å². The lowest BCUT2D eigenvalue weighted by Gasteiger charge is -1.48. The topological polar surface area (TPSA) is 112 Å². The van der Waals surface area contributed by atoms with Crippen molar-refractivity contribution in [2.75, 3.05) is 0 Å². The number of carbonyl (C=O) groups excluding carboxylic acids is 1. The van der Waals surface area contributed by atoms with Gasteiger partial charge in [-0.25, -0.2) is 0 Å². The fraction of sp³-hybridized carbons (Fsp3) is 0. The molecule has 6 N–H and O–H groups in total. The van der Waals surface area contributed by atoms with E-state index in [1.54, 1.807) is 0 Å². The first-order valence-corrected chi connectivity index (χ1v) is 1.34. The van der Waals surface area contributed by atoms with Gasteiger partial charge in [0, 0.05) is 0 Å². The van der Waals surface area contributed by atoms with E-state index >= 15 is 0 Å². The molecule has 7 heavy (non-hydrogen) atoms. The van der Waals surface area contributed by atoms with Gasteiger partial charge in [-0.05, 0) is 23.2 Å². The first-order chi connectivity index (χ1) is 1.73. The van der Waals surface area contributed by atoms with Crippen molar-refractivity contribution >= 4 is 27.9 Å². The highest BCUT2D eigenvalue weighted by molar-refractivity contribution is 6.93. The van der Waals surface area contributed by atoms with Gasteiger partial charge in [-0.2, -0.15) is 0 Å². The third-order valence-electron chi connectivity index (χ3n) is 0. The number of halogens is 2. The van der Waals surface area contributed by atoms with Gasteiger partial charge in [0.1, 0.15) is 0 Å². The first-order valence-electron chi connectivity index (χ1n) is 0.582. The van der Waals surface area contributed by atoms with Gasteiger partial charge >= 0.3 is 4.70 Å². The minimum Gasteiger partial charge on any atom is -0.412 e. The highest BCUT2D eigenvalue weighted by atomic mass is 35.5. The second kappa shape index (κ2) is 16.5. The van der Waals surface area contributed by atoms with Crippen LogP contribution < -0.4 is 0 Å². The number of rotatable bonds is 0. The molecule has 0 bridgehead atoms. The van der Waals surface area contributed by atoms with Gasteiger partial charge in [-0.1, -0.05) is 0 Å². The third-order valence-corrected chi connectivity index (χ3v) is 0. The van der Waals surface area contributed by atoms with Crippen molar-refractivity contribution in [3.8, 4) is 0 Å². The molecule has 0 aromatic heterocycles. The summed E-state index contributed by atoms with van der Waals surface area (Å²) in [5.41, 5.74) is 0. The lowest BCUT2D eigenvalue weighted by molar-refractivity contribution is 0.275. The van der Waals surface area contributed by atoms with Crippen molar-refractivity contribution in [1.29, 1.82) is 0 Å². The van der Waals surface area contributed by atoms with Crippen LogP contribution in [0.3, 0.4) is 0 Å². The van der Waals surface area contributed by atoms with Crippen LogP contribution in [0.4, 0.5) is 4.79 Å². The lowest BCUT2D eigenvalue weighted by Crippen LogP contribution is -1.46. The maximum atomic E-state index is 8.98. The molecule has 0 amide bonds. The Hall–Kier alpha value is 0.130. The molecule has 0 aliphatic carbocycles. The van der Waals surface area contributed by atoms with E-state index in [4.69, 9.17) is 4.79 Å². The minimum atomic E-state index is -0.889. The van der Waals surface area contributed by atoms with Crippen LogP contribution in [0.25, 0.3) is 0 Å². The second-order valence-corrected chi connectivity index (χ2v) is 1.11. The molecule has 0 saturated heterocycles. The summed E-state index contributed by atoms with van der Waals surface area (Å²) in [5, 5.41) is 0. The van der Waals surface area contributed by atoms with Crippen LogP contribution in [0.1, 0.15) is 0 Å². The quantitative estimate of drug-likeness (QED) is 0.413. The molecule has 48 valence electrons. The number of hydrogen-bond donors (Lipinski definition) is 0.